The Labute approximate surface area is 131 Å². The summed E-state index contributed by atoms with van der Waals surface area (Å²) in [6, 6.07) is 8.26. The van der Waals surface area contributed by atoms with Crippen LogP contribution < -0.4 is 0 Å². The SMILES string of the molecule is C=CCO/N=C1/c2ccccc2-c2c1c(C(C)(C)C)nn2C. The summed E-state index contributed by atoms with van der Waals surface area (Å²) in [7, 11) is 1.98. The first kappa shape index (κ1) is 14.6. The largest absolute Gasteiger partial charge is 0.391 e. The first-order valence-corrected chi connectivity index (χ1v) is 7.43. The second kappa shape index (κ2) is 5.13. The van der Waals surface area contributed by atoms with Gasteiger partial charge in [0.25, 0.3) is 0 Å². The van der Waals surface area contributed by atoms with E-state index in [9.17, 15) is 0 Å². The summed E-state index contributed by atoms with van der Waals surface area (Å²) >= 11 is 0. The molecule has 1 aromatic heterocycles. The molecule has 0 saturated carbocycles. The Hall–Kier alpha value is -2.36. The summed E-state index contributed by atoms with van der Waals surface area (Å²) in [5.74, 6) is 0. The van der Waals surface area contributed by atoms with Crippen LogP contribution in [0.15, 0.2) is 42.1 Å². The number of oxime groups is 1. The van der Waals surface area contributed by atoms with Crippen molar-refractivity contribution in [3.8, 4) is 11.3 Å². The predicted octanol–water partition coefficient (Wildman–Crippen LogP) is 3.65. The highest BCUT2D eigenvalue weighted by Gasteiger charge is 2.36. The van der Waals surface area contributed by atoms with Crippen molar-refractivity contribution in [1.82, 2.24) is 9.78 Å². The van der Waals surface area contributed by atoms with E-state index < -0.39 is 0 Å². The maximum Gasteiger partial charge on any atom is 0.135 e. The van der Waals surface area contributed by atoms with Crippen molar-refractivity contribution in [1.29, 1.82) is 0 Å². The minimum Gasteiger partial charge on any atom is -0.391 e. The lowest BCUT2D eigenvalue weighted by atomic mass is 9.88. The number of fused-ring (bicyclic) bond motifs is 3. The van der Waals surface area contributed by atoms with Crippen LogP contribution >= 0.6 is 0 Å². The first-order chi connectivity index (χ1) is 10.4. The minimum atomic E-state index is -0.0629. The third-order valence-corrected chi connectivity index (χ3v) is 3.78. The van der Waals surface area contributed by atoms with Crippen molar-refractivity contribution in [2.45, 2.75) is 26.2 Å². The maximum atomic E-state index is 5.39. The minimum absolute atomic E-state index is 0.0629. The molecule has 4 heteroatoms. The van der Waals surface area contributed by atoms with Crippen LogP contribution in [0.5, 0.6) is 0 Å². The lowest BCUT2D eigenvalue weighted by molar-refractivity contribution is 0.175. The smallest absolute Gasteiger partial charge is 0.135 e. The van der Waals surface area contributed by atoms with Crippen molar-refractivity contribution in [2.24, 2.45) is 12.2 Å². The fraction of sp³-hybridized carbons (Fsp3) is 0.333. The zero-order valence-electron chi connectivity index (χ0n) is 13.6. The molecule has 2 aromatic rings. The highest BCUT2D eigenvalue weighted by Crippen LogP contribution is 2.41. The number of aromatic nitrogens is 2. The summed E-state index contributed by atoms with van der Waals surface area (Å²) < 4.78 is 1.95. The molecule has 114 valence electrons. The zero-order chi connectivity index (χ0) is 15.9. The molecule has 0 unspecified atom stereocenters. The van der Waals surface area contributed by atoms with Gasteiger partial charge in [-0.2, -0.15) is 5.10 Å². The van der Waals surface area contributed by atoms with Crippen LogP contribution in [0.2, 0.25) is 0 Å². The van der Waals surface area contributed by atoms with Crippen molar-refractivity contribution < 1.29 is 4.84 Å². The molecular formula is C18H21N3O. The van der Waals surface area contributed by atoms with Crippen molar-refractivity contribution in [3.63, 3.8) is 0 Å². The van der Waals surface area contributed by atoms with Gasteiger partial charge in [-0.15, -0.1) is 0 Å². The number of hydrogen-bond acceptors (Lipinski definition) is 3. The molecule has 1 aliphatic carbocycles. The van der Waals surface area contributed by atoms with Crippen molar-refractivity contribution in [3.05, 3.63) is 53.7 Å². The molecule has 0 saturated heterocycles. The monoisotopic (exact) mass is 295 g/mol. The molecule has 1 aromatic carbocycles. The molecule has 0 radical (unpaired) electrons. The number of nitrogens with zero attached hydrogens (tertiary/aromatic N) is 3. The normalized spacial score (nSPS) is 14.8. The summed E-state index contributed by atoms with van der Waals surface area (Å²) in [6.45, 7) is 10.6. The van der Waals surface area contributed by atoms with E-state index >= 15 is 0 Å². The number of benzene rings is 1. The van der Waals surface area contributed by atoms with Crippen LogP contribution in [0.1, 0.15) is 37.6 Å². The predicted molar refractivity (Wildman–Crippen MR) is 89.1 cm³/mol. The number of aryl methyl sites for hydroxylation is 1. The van der Waals surface area contributed by atoms with E-state index in [1.54, 1.807) is 6.08 Å². The van der Waals surface area contributed by atoms with E-state index in [1.807, 2.05) is 23.9 Å². The fourth-order valence-electron chi connectivity index (χ4n) is 2.86. The average Bonchev–Trinajstić information content (AvgIpc) is 2.96. The maximum absolute atomic E-state index is 5.39. The molecule has 1 aliphatic rings. The van der Waals surface area contributed by atoms with Gasteiger partial charge in [0.1, 0.15) is 12.3 Å². The molecule has 0 atom stereocenters. The summed E-state index contributed by atoms with van der Waals surface area (Å²) in [5.41, 5.74) is 6.30. The lowest BCUT2D eigenvalue weighted by Crippen LogP contribution is -2.17. The van der Waals surface area contributed by atoms with Gasteiger partial charge in [0.05, 0.1) is 17.0 Å². The molecule has 0 bridgehead atoms. The van der Waals surface area contributed by atoms with Crippen molar-refractivity contribution in [2.75, 3.05) is 6.61 Å². The summed E-state index contributed by atoms with van der Waals surface area (Å²) in [5, 5.41) is 9.12. The molecule has 0 aliphatic heterocycles. The van der Waals surface area contributed by atoms with Gasteiger partial charge in [0.15, 0.2) is 0 Å². The van der Waals surface area contributed by atoms with E-state index in [4.69, 9.17) is 9.94 Å². The van der Waals surface area contributed by atoms with Crippen LogP contribution in [-0.2, 0) is 17.3 Å². The molecule has 0 amide bonds. The zero-order valence-corrected chi connectivity index (χ0v) is 13.6. The van der Waals surface area contributed by atoms with Gasteiger partial charge in [-0.3, -0.25) is 4.68 Å². The molecular weight excluding hydrogens is 274 g/mol. The first-order valence-electron chi connectivity index (χ1n) is 7.43. The van der Waals surface area contributed by atoms with Gasteiger partial charge in [0.2, 0.25) is 0 Å². The van der Waals surface area contributed by atoms with Crippen molar-refractivity contribution >= 4 is 5.71 Å². The van der Waals surface area contributed by atoms with E-state index in [-0.39, 0.29) is 5.41 Å². The van der Waals surface area contributed by atoms with E-state index in [0.29, 0.717) is 6.61 Å². The van der Waals surface area contributed by atoms with Crippen LogP contribution in [0.25, 0.3) is 11.3 Å². The number of rotatable bonds is 3. The topological polar surface area (TPSA) is 39.4 Å². The molecule has 0 spiro atoms. The Morgan fingerprint density at radius 1 is 1.27 bits per heavy atom. The molecule has 4 nitrogen and oxygen atoms in total. The molecule has 0 fully saturated rings. The summed E-state index contributed by atoms with van der Waals surface area (Å²) in [4.78, 5) is 5.39. The van der Waals surface area contributed by atoms with Crippen LogP contribution in [0, 0.1) is 0 Å². The molecule has 22 heavy (non-hydrogen) atoms. The lowest BCUT2D eigenvalue weighted by Gasteiger charge is -2.17. The quantitative estimate of drug-likeness (QED) is 0.420. The standard InChI is InChI=1S/C18H21N3O/c1-6-11-22-20-15-12-9-7-8-10-13(12)16-14(15)17(18(2,3)4)19-21(16)5/h6-10H,1,11H2,2-5H3/b20-15-. The number of hydrogen-bond donors (Lipinski definition) is 0. The van der Waals surface area contributed by atoms with Crippen LogP contribution in [-0.4, -0.2) is 22.1 Å². The van der Waals surface area contributed by atoms with E-state index in [2.05, 4.69) is 44.6 Å². The van der Waals surface area contributed by atoms with Gasteiger partial charge in [-0.1, -0.05) is 62.8 Å². The van der Waals surface area contributed by atoms with Crippen LogP contribution in [0.3, 0.4) is 0 Å². The Bertz CT molecular complexity index is 763. The van der Waals surface area contributed by atoms with Gasteiger partial charge in [-0.25, -0.2) is 0 Å². The second-order valence-electron chi connectivity index (χ2n) is 6.52. The highest BCUT2D eigenvalue weighted by molar-refractivity contribution is 6.24. The Morgan fingerprint density at radius 2 is 1.95 bits per heavy atom. The average molecular weight is 295 g/mol. The molecule has 0 N–H and O–H groups in total. The summed E-state index contributed by atoms with van der Waals surface area (Å²) in [6.07, 6.45) is 1.69. The highest BCUT2D eigenvalue weighted by atomic mass is 16.6. The second-order valence-corrected chi connectivity index (χ2v) is 6.52. The Balaban J connectivity index is 2.26. The van der Waals surface area contributed by atoms with Gasteiger partial charge < -0.3 is 4.84 Å². The van der Waals surface area contributed by atoms with E-state index in [0.717, 1.165) is 33.8 Å². The molecule has 1 heterocycles. The fourth-order valence-corrected chi connectivity index (χ4v) is 2.86. The van der Waals surface area contributed by atoms with Gasteiger partial charge >= 0.3 is 0 Å². The van der Waals surface area contributed by atoms with E-state index in [1.165, 1.54) is 0 Å². The third kappa shape index (κ3) is 2.15. The van der Waals surface area contributed by atoms with Crippen LogP contribution in [0.4, 0.5) is 0 Å². The molecule has 3 rings (SSSR count). The van der Waals surface area contributed by atoms with Gasteiger partial charge in [0, 0.05) is 23.6 Å². The third-order valence-electron chi connectivity index (χ3n) is 3.78. The van der Waals surface area contributed by atoms with Gasteiger partial charge in [-0.05, 0) is 0 Å². The Kier molecular flexibility index (Phi) is 3.39. The Morgan fingerprint density at radius 3 is 2.59 bits per heavy atom.